The van der Waals surface area contributed by atoms with Crippen LogP contribution in [0.1, 0.15) is 11.1 Å². The SMILES string of the molecule is C=Cc1c(F)c(F)c(F)c(OCC(F)(F)OC(F)(F)C(F)(F)OC(F)(F)C(F)(F)OC(F)(F)COc2c(F)c(F)c(F)c(OCC(F)(F)OC(F)(F)C(F)(F)OC(F)(F)C(F)(F)OC(F)(F)COc3c(F)c(F)c(F)c(C=C)c3F)c2F)c1F. The summed E-state index contributed by atoms with van der Waals surface area (Å²) < 4.78 is 530. The Labute approximate surface area is 435 Å². The summed E-state index contributed by atoms with van der Waals surface area (Å²) in [6.07, 6.45) is -87.3. The molecular formula is C38H14F36O10. The number of benzene rings is 3. The largest absolute Gasteiger partial charge is 0.478 e. The monoisotopic (exact) mass is 1310 g/mol. The molecule has 0 radical (unpaired) electrons. The predicted octanol–water partition coefficient (Wildman–Crippen LogP) is 14.8. The first-order valence-corrected chi connectivity index (χ1v) is 19.5. The first-order valence-electron chi connectivity index (χ1n) is 19.5. The van der Waals surface area contributed by atoms with Crippen LogP contribution in [-0.2, 0) is 28.4 Å². The lowest BCUT2D eigenvalue weighted by Crippen LogP contribution is -2.58. The van der Waals surface area contributed by atoms with E-state index in [0.29, 0.717) is 0 Å². The van der Waals surface area contributed by atoms with Gasteiger partial charge in [-0.25, -0.2) is 59.2 Å². The zero-order chi connectivity index (χ0) is 65.7. The highest BCUT2D eigenvalue weighted by Gasteiger charge is 2.76. The van der Waals surface area contributed by atoms with Crippen LogP contribution in [0.5, 0.6) is 23.0 Å². The van der Waals surface area contributed by atoms with Gasteiger partial charge in [-0.3, -0.25) is 0 Å². The van der Waals surface area contributed by atoms with E-state index in [9.17, 15) is 158 Å². The van der Waals surface area contributed by atoms with Crippen LogP contribution in [0.3, 0.4) is 0 Å². The Kier molecular flexibility index (Phi) is 20.4. The molecule has 478 valence electrons. The van der Waals surface area contributed by atoms with Crippen molar-refractivity contribution < 1.29 is 205 Å². The fourth-order valence-corrected chi connectivity index (χ4v) is 5.01. The van der Waals surface area contributed by atoms with E-state index in [4.69, 9.17) is 0 Å². The summed E-state index contributed by atoms with van der Waals surface area (Å²) >= 11 is 0. The van der Waals surface area contributed by atoms with Gasteiger partial charge in [-0.15, -0.1) is 0 Å². The van der Waals surface area contributed by atoms with E-state index in [0.717, 1.165) is 0 Å². The van der Waals surface area contributed by atoms with Gasteiger partial charge in [0.05, 0.1) is 11.1 Å². The maximum atomic E-state index is 14.8. The third kappa shape index (κ3) is 15.3. The summed E-state index contributed by atoms with van der Waals surface area (Å²) in [5.74, 6) is -46.7. The zero-order valence-corrected chi connectivity index (χ0v) is 38.1. The second-order valence-electron chi connectivity index (χ2n) is 14.8. The minimum Gasteiger partial charge on any atom is -0.478 e. The van der Waals surface area contributed by atoms with Crippen LogP contribution in [0.4, 0.5) is 158 Å². The van der Waals surface area contributed by atoms with E-state index in [1.54, 1.807) is 9.47 Å². The Morgan fingerprint density at radius 2 is 0.393 bits per heavy atom. The number of hydrogen-bond acceptors (Lipinski definition) is 10. The van der Waals surface area contributed by atoms with Crippen LogP contribution in [0.15, 0.2) is 13.2 Å². The fraction of sp³-hybridized carbons (Fsp3) is 0.421. The summed E-state index contributed by atoms with van der Waals surface area (Å²) in [6.45, 7) is -8.60. The molecule has 3 rings (SSSR count). The van der Waals surface area contributed by atoms with Gasteiger partial charge < -0.3 is 18.9 Å². The molecular weight excluding hydrogens is 1300 g/mol. The first-order chi connectivity index (χ1) is 37.4. The van der Waals surface area contributed by atoms with E-state index in [-0.39, 0.29) is 12.2 Å². The maximum absolute atomic E-state index is 14.8. The van der Waals surface area contributed by atoms with Gasteiger partial charge in [-0.2, -0.15) is 127 Å². The minimum atomic E-state index is -7.81. The lowest BCUT2D eigenvalue weighted by molar-refractivity contribution is -0.557. The molecule has 0 amide bonds. The number of alkyl halides is 24. The summed E-state index contributed by atoms with van der Waals surface area (Å²) in [5.41, 5.74) is -3.47. The van der Waals surface area contributed by atoms with E-state index in [1.165, 1.54) is 0 Å². The maximum Gasteiger partial charge on any atom is 0.453 e. The average Bonchev–Trinajstić information content (AvgIpc) is 3.15. The quantitative estimate of drug-likeness (QED) is 0.0365. The molecule has 0 saturated carbocycles. The van der Waals surface area contributed by atoms with Gasteiger partial charge in [-0.1, -0.05) is 25.3 Å². The molecule has 0 spiro atoms. The Balaban J connectivity index is 1.75. The van der Waals surface area contributed by atoms with Crippen molar-refractivity contribution in [1.82, 2.24) is 0 Å². The van der Waals surface area contributed by atoms with Crippen LogP contribution >= 0.6 is 0 Å². The number of halogens is 36. The Hall–Kier alpha value is -6.42. The molecule has 46 heteroatoms. The number of rotatable bonds is 30. The number of hydrogen-bond donors (Lipinski definition) is 0. The molecule has 0 aliphatic carbocycles. The normalized spacial score (nSPS) is 14.0. The molecule has 3 aromatic rings. The highest BCUT2D eigenvalue weighted by Crippen LogP contribution is 2.51. The fourth-order valence-electron chi connectivity index (χ4n) is 5.01. The Morgan fingerprint density at radius 3 is 0.583 bits per heavy atom. The lowest BCUT2D eigenvalue weighted by Gasteiger charge is -2.34. The lowest BCUT2D eigenvalue weighted by atomic mass is 10.1. The molecule has 0 heterocycles. The third-order valence-electron chi connectivity index (χ3n) is 8.62. The van der Waals surface area contributed by atoms with Gasteiger partial charge in [0, 0.05) is 0 Å². The molecule has 0 atom stereocenters. The van der Waals surface area contributed by atoms with Gasteiger partial charge in [-0.05, 0) is 0 Å². The molecule has 0 aromatic heterocycles. The van der Waals surface area contributed by atoms with Crippen molar-refractivity contribution in [3.8, 4) is 23.0 Å². The van der Waals surface area contributed by atoms with E-state index < -0.39 is 204 Å². The molecule has 84 heavy (non-hydrogen) atoms. The first kappa shape index (κ1) is 71.8. The molecule has 0 saturated heterocycles. The van der Waals surface area contributed by atoms with Crippen molar-refractivity contribution in [2.24, 2.45) is 0 Å². The predicted molar refractivity (Wildman–Crippen MR) is 187 cm³/mol. The van der Waals surface area contributed by atoms with Crippen molar-refractivity contribution in [2.75, 3.05) is 26.4 Å². The smallest absolute Gasteiger partial charge is 0.453 e. The van der Waals surface area contributed by atoms with Gasteiger partial charge in [0.2, 0.25) is 34.9 Å². The highest BCUT2D eigenvalue weighted by atomic mass is 19.4. The van der Waals surface area contributed by atoms with Gasteiger partial charge >= 0.3 is 73.3 Å². The van der Waals surface area contributed by atoms with Crippen LogP contribution in [0, 0.1) is 69.8 Å². The van der Waals surface area contributed by atoms with Gasteiger partial charge in [0.1, 0.15) is 0 Å². The highest BCUT2D eigenvalue weighted by molar-refractivity contribution is 5.54. The molecule has 0 aliphatic rings. The average molecular weight is 1310 g/mol. The standard InChI is InChI=1S/C38H14F36O10/c1-3-9-11(39)15(43)18(46)23(13(9)41)75-5-27(51,52)79-31(59,60)35(67,68)83-37(71,72)33(63,64)81-29(55,56)7-77-25-20(48)17(45)21(49)26(22(25)50)78-8-30(57,58)82-34(65,66)38(73,74)84-36(69,70)32(61,62)80-28(53,54)6-76-24-14(42)10(4-2)12(40)16(44)19(24)47/h3-4H,1-2,5-8H2. The second kappa shape index (κ2) is 23.8. The van der Waals surface area contributed by atoms with Gasteiger partial charge in [0.15, 0.2) is 84.3 Å². The topological polar surface area (TPSA) is 92.3 Å². The molecule has 0 aliphatic heterocycles. The molecule has 3 aromatic carbocycles. The minimum absolute atomic E-state index is 0.00697. The van der Waals surface area contributed by atoms with Gasteiger partial charge in [0.25, 0.3) is 0 Å². The summed E-state index contributed by atoms with van der Waals surface area (Å²) in [7, 11) is 0. The van der Waals surface area contributed by atoms with Crippen LogP contribution in [0.2, 0.25) is 0 Å². The molecule has 0 N–H and O–H groups in total. The van der Waals surface area contributed by atoms with E-state index >= 15 is 0 Å². The Bertz CT molecular complexity index is 2740. The summed E-state index contributed by atoms with van der Waals surface area (Å²) in [5, 5.41) is 0. The summed E-state index contributed by atoms with van der Waals surface area (Å²) in [4.78, 5) is 0. The van der Waals surface area contributed by atoms with E-state index in [1.807, 2.05) is 9.47 Å². The van der Waals surface area contributed by atoms with Crippen molar-refractivity contribution in [1.29, 1.82) is 0 Å². The second-order valence-corrected chi connectivity index (χ2v) is 14.8. The Morgan fingerprint density at radius 1 is 0.226 bits per heavy atom. The van der Waals surface area contributed by atoms with Crippen molar-refractivity contribution in [3.05, 3.63) is 94.1 Å². The van der Waals surface area contributed by atoms with Crippen LogP contribution in [-0.4, -0.2) is 99.7 Å². The summed E-state index contributed by atoms with van der Waals surface area (Å²) in [6, 6.07) is 0. The third-order valence-corrected chi connectivity index (χ3v) is 8.62. The molecule has 0 fully saturated rings. The molecule has 10 nitrogen and oxygen atoms in total. The van der Waals surface area contributed by atoms with Crippen molar-refractivity contribution >= 4 is 12.2 Å². The van der Waals surface area contributed by atoms with Crippen LogP contribution in [0.25, 0.3) is 12.2 Å². The van der Waals surface area contributed by atoms with Crippen LogP contribution < -0.4 is 18.9 Å². The van der Waals surface area contributed by atoms with E-state index in [2.05, 4.69) is 41.6 Å². The van der Waals surface area contributed by atoms with Crippen molar-refractivity contribution in [2.45, 2.75) is 73.3 Å². The molecule has 0 bridgehead atoms. The van der Waals surface area contributed by atoms with Crippen molar-refractivity contribution in [3.63, 3.8) is 0 Å². The zero-order valence-electron chi connectivity index (χ0n) is 38.1. The number of ether oxygens (including phenoxy) is 10. The molecule has 0 unspecified atom stereocenters.